The van der Waals surface area contributed by atoms with E-state index in [0.29, 0.717) is 6.10 Å². The first-order valence-electron chi connectivity index (χ1n) is 3.65. The number of hydrogen-bond donors (Lipinski definition) is 0. The summed E-state index contributed by atoms with van der Waals surface area (Å²) in [6, 6.07) is 0. The van der Waals surface area contributed by atoms with Gasteiger partial charge in [-0.2, -0.15) is 0 Å². The van der Waals surface area contributed by atoms with Crippen LogP contribution in [-0.2, 0) is 16.3 Å². The molecule has 0 spiro atoms. The molecule has 2 unspecified atom stereocenters. The summed E-state index contributed by atoms with van der Waals surface area (Å²) in [6.07, 6.45) is 1.49. The predicted octanol–water partition coefficient (Wildman–Crippen LogP) is 2.31. The van der Waals surface area contributed by atoms with Crippen LogP contribution in [0.2, 0.25) is 0 Å². The molecule has 0 aromatic heterocycles. The summed E-state index contributed by atoms with van der Waals surface area (Å²) in [6.45, 7) is 2.10. The largest absolute Gasteiger partial charge is 0.327 e. The highest BCUT2D eigenvalue weighted by Gasteiger charge is 2.28. The van der Waals surface area contributed by atoms with Gasteiger partial charge in [0.2, 0.25) is 0 Å². The van der Waals surface area contributed by atoms with Crippen LogP contribution in [0.15, 0.2) is 0 Å². The van der Waals surface area contributed by atoms with Crippen LogP contribution in [0, 0.1) is 0 Å². The topological polar surface area (TPSA) is 12.5 Å². The lowest BCUT2D eigenvalue weighted by Gasteiger charge is -2.34. The van der Waals surface area contributed by atoms with Gasteiger partial charge in [0, 0.05) is 5.75 Å². The maximum absolute atomic E-state index is 5.75. The van der Waals surface area contributed by atoms with Crippen LogP contribution < -0.4 is 0 Å². The first-order valence-corrected chi connectivity index (χ1v) is 7.92. The zero-order chi connectivity index (χ0) is 8.48. The van der Waals surface area contributed by atoms with E-state index in [4.69, 9.17) is 16.3 Å². The molecule has 0 radical (unpaired) electrons. The van der Waals surface area contributed by atoms with Crippen molar-refractivity contribution < 1.29 is 4.52 Å². The molecule has 0 N–H and O–H groups in total. The Morgan fingerprint density at radius 1 is 1.64 bits per heavy atom. The van der Waals surface area contributed by atoms with Crippen molar-refractivity contribution in [1.82, 2.24) is 4.67 Å². The van der Waals surface area contributed by atoms with E-state index in [2.05, 4.69) is 11.6 Å². The van der Waals surface area contributed by atoms with Gasteiger partial charge in [-0.1, -0.05) is 11.4 Å². The van der Waals surface area contributed by atoms with Gasteiger partial charge in [-0.05, 0) is 39.2 Å². The highest BCUT2D eigenvalue weighted by Crippen LogP contribution is 2.64. The molecule has 0 aromatic carbocycles. The average Bonchev–Trinajstić information content (AvgIpc) is 1.86. The Labute approximate surface area is 77.6 Å². The van der Waals surface area contributed by atoms with Crippen molar-refractivity contribution in [2.24, 2.45) is 0 Å². The molecule has 1 rings (SSSR count). The molecule has 11 heavy (non-hydrogen) atoms. The fraction of sp³-hybridized carbons (Fsp3) is 1.00. The molecule has 1 saturated heterocycles. The van der Waals surface area contributed by atoms with Crippen molar-refractivity contribution >= 4 is 28.8 Å². The number of nitrogens with zero attached hydrogens (tertiary/aromatic N) is 1. The smallest absolute Gasteiger partial charge is 0.188 e. The maximum atomic E-state index is 5.75. The fourth-order valence-electron chi connectivity index (χ4n) is 0.854. The second-order valence-corrected chi connectivity index (χ2v) is 9.91. The normalized spacial score (nSPS) is 39.5. The van der Waals surface area contributed by atoms with E-state index in [9.17, 15) is 0 Å². The van der Waals surface area contributed by atoms with Crippen LogP contribution in [0.25, 0.3) is 0 Å². The van der Waals surface area contributed by atoms with Crippen LogP contribution in [0.4, 0.5) is 0 Å². The summed E-state index contributed by atoms with van der Waals surface area (Å²) >= 11 is 7.24. The minimum absolute atomic E-state index is 0.351. The van der Waals surface area contributed by atoms with Gasteiger partial charge in [0.1, 0.15) is 0 Å². The minimum Gasteiger partial charge on any atom is -0.327 e. The molecule has 1 aliphatic heterocycles. The highest BCUT2D eigenvalue weighted by atomic mass is 32.9. The molecule has 1 aliphatic rings. The van der Waals surface area contributed by atoms with E-state index in [1.165, 1.54) is 0 Å². The van der Waals surface area contributed by atoms with Crippen LogP contribution in [-0.4, -0.2) is 30.6 Å². The molecular formula is C6H14NOPS2. The third-order valence-corrected chi connectivity index (χ3v) is 8.88. The van der Waals surface area contributed by atoms with Gasteiger partial charge < -0.3 is 4.52 Å². The van der Waals surface area contributed by atoms with E-state index in [1.807, 2.05) is 14.1 Å². The molecule has 5 heteroatoms. The summed E-state index contributed by atoms with van der Waals surface area (Å²) in [5.74, 6) is 1.15. The highest BCUT2D eigenvalue weighted by molar-refractivity contribution is 8.68. The lowest BCUT2D eigenvalue weighted by molar-refractivity contribution is 0.231. The van der Waals surface area contributed by atoms with Crippen LogP contribution in [0.1, 0.15) is 13.3 Å². The van der Waals surface area contributed by atoms with Crippen molar-refractivity contribution in [1.29, 1.82) is 0 Å². The minimum atomic E-state index is -1.66. The van der Waals surface area contributed by atoms with Gasteiger partial charge in [-0.25, -0.2) is 0 Å². The molecule has 1 heterocycles. The zero-order valence-corrected chi connectivity index (χ0v) is 9.64. The summed E-state index contributed by atoms with van der Waals surface area (Å²) in [4.78, 5) is 0. The second kappa shape index (κ2) is 3.75. The molecular weight excluding hydrogens is 197 g/mol. The van der Waals surface area contributed by atoms with Gasteiger partial charge in [-0.3, -0.25) is 4.67 Å². The fourth-order valence-corrected chi connectivity index (χ4v) is 6.00. The van der Waals surface area contributed by atoms with Gasteiger partial charge >= 0.3 is 0 Å². The Hall–Kier alpha value is 0.920. The van der Waals surface area contributed by atoms with E-state index >= 15 is 0 Å². The van der Waals surface area contributed by atoms with E-state index in [1.54, 1.807) is 11.4 Å². The lowest BCUT2D eigenvalue weighted by Crippen LogP contribution is -2.18. The molecule has 0 bridgehead atoms. The van der Waals surface area contributed by atoms with Gasteiger partial charge in [0.15, 0.2) is 5.62 Å². The molecule has 2 atom stereocenters. The molecule has 0 aliphatic carbocycles. The number of hydrogen-bond acceptors (Lipinski definition) is 3. The van der Waals surface area contributed by atoms with Crippen LogP contribution >= 0.6 is 17.0 Å². The summed E-state index contributed by atoms with van der Waals surface area (Å²) in [5.41, 5.74) is -1.66. The third-order valence-electron chi connectivity index (χ3n) is 1.58. The Morgan fingerprint density at radius 2 is 2.27 bits per heavy atom. The lowest BCUT2D eigenvalue weighted by atomic mass is 10.3. The van der Waals surface area contributed by atoms with Crippen molar-refractivity contribution in [3.05, 3.63) is 0 Å². The quantitative estimate of drug-likeness (QED) is 0.617. The average molecular weight is 211 g/mol. The summed E-state index contributed by atoms with van der Waals surface area (Å²) in [7, 11) is 4.01. The molecule has 66 valence electrons. The van der Waals surface area contributed by atoms with Gasteiger partial charge in [-0.15, -0.1) is 0 Å². The SMILES string of the molecule is CC1CCSP(=S)(N(C)C)O1. The summed E-state index contributed by atoms with van der Waals surface area (Å²) in [5, 5.41) is 0. The van der Waals surface area contributed by atoms with E-state index in [-0.39, 0.29) is 0 Å². The van der Waals surface area contributed by atoms with Gasteiger partial charge in [0.25, 0.3) is 0 Å². The standard InChI is InChI=1S/C6H14NOPS2/c1-6-4-5-11-9(10,8-6)7(2)3/h6H,4-5H2,1-3H3. The van der Waals surface area contributed by atoms with Gasteiger partial charge in [0.05, 0.1) is 6.10 Å². The van der Waals surface area contributed by atoms with Crippen molar-refractivity contribution in [2.75, 3.05) is 19.8 Å². The predicted molar refractivity (Wildman–Crippen MR) is 55.6 cm³/mol. The molecule has 1 fully saturated rings. The van der Waals surface area contributed by atoms with Crippen LogP contribution in [0.5, 0.6) is 0 Å². The Morgan fingerprint density at radius 3 is 2.64 bits per heavy atom. The first kappa shape index (κ1) is 10.0. The monoisotopic (exact) mass is 211 g/mol. The second-order valence-electron chi connectivity index (χ2n) is 2.85. The molecule has 0 amide bonds. The Bertz CT molecular complexity index is 185. The summed E-state index contributed by atoms with van der Waals surface area (Å²) < 4.78 is 7.81. The van der Waals surface area contributed by atoms with Crippen molar-refractivity contribution in [3.63, 3.8) is 0 Å². The first-order chi connectivity index (χ1) is 5.04. The van der Waals surface area contributed by atoms with E-state index < -0.39 is 5.62 Å². The molecule has 2 nitrogen and oxygen atoms in total. The third kappa shape index (κ3) is 2.43. The Kier molecular flexibility index (Phi) is 3.41. The van der Waals surface area contributed by atoms with Crippen LogP contribution in [0.3, 0.4) is 0 Å². The van der Waals surface area contributed by atoms with Crippen molar-refractivity contribution in [2.45, 2.75) is 19.4 Å². The zero-order valence-electron chi connectivity index (χ0n) is 7.11. The molecule has 0 saturated carbocycles. The maximum Gasteiger partial charge on any atom is 0.188 e. The molecule has 0 aromatic rings. The number of rotatable bonds is 1. The van der Waals surface area contributed by atoms with Crippen molar-refractivity contribution in [3.8, 4) is 0 Å². The Balaban J connectivity index is 2.63. The van der Waals surface area contributed by atoms with E-state index in [0.717, 1.165) is 12.2 Å².